The van der Waals surface area contributed by atoms with Gasteiger partial charge in [-0.1, -0.05) is 71.1 Å². The Morgan fingerprint density at radius 3 is 2.12 bits per heavy atom. The number of aliphatic carboxylic acids is 1. The van der Waals surface area contributed by atoms with Gasteiger partial charge in [0.05, 0.1) is 12.0 Å². The minimum absolute atomic E-state index is 0.191. The lowest BCUT2D eigenvalue weighted by molar-refractivity contribution is -0.141. The van der Waals surface area contributed by atoms with Gasteiger partial charge >= 0.3 is 5.97 Å². The van der Waals surface area contributed by atoms with Crippen LogP contribution < -0.4 is 5.32 Å². The van der Waals surface area contributed by atoms with E-state index in [9.17, 15) is 14.7 Å². The quantitative estimate of drug-likeness (QED) is 0.382. The first-order chi connectivity index (χ1) is 12.6. The molecular weight excluding hydrogens is 330 g/mol. The molecule has 0 spiro atoms. The van der Waals surface area contributed by atoms with Crippen LogP contribution >= 0.6 is 0 Å². The number of carbonyl (C=O) groups is 2. The highest BCUT2D eigenvalue weighted by Gasteiger charge is 2.20. The number of amides is 1. The van der Waals surface area contributed by atoms with Crippen molar-refractivity contribution in [2.45, 2.75) is 96.4 Å². The number of hydrogen-bond acceptors (Lipinski definition) is 3. The average Bonchev–Trinajstić information content (AvgIpc) is 3.12. The number of carbonyl (C=O) groups excluding carboxylic acids is 1. The second-order valence-corrected chi connectivity index (χ2v) is 7.01. The summed E-state index contributed by atoms with van der Waals surface area (Å²) in [5.41, 5.74) is 0.632. The van der Waals surface area contributed by atoms with Crippen LogP contribution in [0.1, 0.15) is 89.7 Å². The van der Waals surface area contributed by atoms with Crippen LogP contribution in [0.5, 0.6) is 0 Å². The number of unbranched alkanes of at least 4 members (excludes halogenated alkanes) is 10. The van der Waals surface area contributed by atoms with E-state index in [1.54, 1.807) is 6.20 Å². The van der Waals surface area contributed by atoms with Crippen LogP contribution in [-0.2, 0) is 16.0 Å². The van der Waals surface area contributed by atoms with Crippen molar-refractivity contribution in [1.29, 1.82) is 0 Å². The van der Waals surface area contributed by atoms with Crippen LogP contribution in [0.4, 0.5) is 0 Å². The molecule has 6 heteroatoms. The predicted octanol–water partition coefficient (Wildman–Crippen LogP) is 4.22. The molecule has 1 aromatic heterocycles. The van der Waals surface area contributed by atoms with Crippen LogP contribution in [-0.4, -0.2) is 33.0 Å². The van der Waals surface area contributed by atoms with E-state index in [0.717, 1.165) is 19.3 Å². The van der Waals surface area contributed by atoms with E-state index >= 15 is 0 Å². The minimum atomic E-state index is -1.03. The lowest BCUT2D eigenvalue weighted by atomic mass is 10.1. The normalized spacial score (nSPS) is 12.0. The van der Waals surface area contributed by atoms with E-state index in [2.05, 4.69) is 22.2 Å². The fraction of sp³-hybridized carbons (Fsp3) is 0.750. The number of carboxylic acids is 1. The largest absolute Gasteiger partial charge is 0.480 e. The first-order valence-electron chi connectivity index (χ1n) is 10.1. The summed E-state index contributed by atoms with van der Waals surface area (Å²) in [5.74, 6) is -1.22. The summed E-state index contributed by atoms with van der Waals surface area (Å²) < 4.78 is 0. The van der Waals surface area contributed by atoms with Gasteiger partial charge in [0.25, 0.3) is 0 Å². The Morgan fingerprint density at radius 2 is 1.62 bits per heavy atom. The molecule has 0 bridgehead atoms. The van der Waals surface area contributed by atoms with Crippen LogP contribution in [0.2, 0.25) is 0 Å². The number of aromatic amines is 1. The van der Waals surface area contributed by atoms with E-state index in [0.29, 0.717) is 12.1 Å². The second kappa shape index (κ2) is 14.3. The van der Waals surface area contributed by atoms with E-state index < -0.39 is 12.0 Å². The molecule has 3 N–H and O–H groups in total. The highest BCUT2D eigenvalue weighted by molar-refractivity contribution is 5.83. The Labute approximate surface area is 157 Å². The van der Waals surface area contributed by atoms with Crippen molar-refractivity contribution in [3.8, 4) is 0 Å². The van der Waals surface area contributed by atoms with Crippen molar-refractivity contribution >= 4 is 11.9 Å². The van der Waals surface area contributed by atoms with Crippen molar-refractivity contribution in [3.63, 3.8) is 0 Å². The summed E-state index contributed by atoms with van der Waals surface area (Å²) in [6.45, 7) is 2.24. The van der Waals surface area contributed by atoms with Crippen LogP contribution in [0, 0.1) is 0 Å². The van der Waals surface area contributed by atoms with Gasteiger partial charge in [0.2, 0.25) is 5.91 Å². The van der Waals surface area contributed by atoms with Gasteiger partial charge in [-0.2, -0.15) is 0 Å². The summed E-state index contributed by atoms with van der Waals surface area (Å²) in [4.78, 5) is 30.0. The van der Waals surface area contributed by atoms with Crippen molar-refractivity contribution < 1.29 is 14.7 Å². The molecule has 0 aliphatic carbocycles. The van der Waals surface area contributed by atoms with E-state index in [4.69, 9.17) is 0 Å². The highest BCUT2D eigenvalue weighted by Crippen LogP contribution is 2.12. The van der Waals surface area contributed by atoms with Gasteiger partial charge in [-0.25, -0.2) is 9.78 Å². The first kappa shape index (κ1) is 22.2. The molecule has 1 aromatic rings. The summed E-state index contributed by atoms with van der Waals surface area (Å²) >= 11 is 0. The number of hydrogen-bond donors (Lipinski definition) is 3. The molecule has 0 saturated carbocycles. The Morgan fingerprint density at radius 1 is 1.04 bits per heavy atom. The second-order valence-electron chi connectivity index (χ2n) is 7.01. The molecular formula is C20H35N3O3. The maximum absolute atomic E-state index is 11.9. The van der Waals surface area contributed by atoms with E-state index in [-0.39, 0.29) is 12.3 Å². The third-order valence-corrected chi connectivity index (χ3v) is 4.61. The van der Waals surface area contributed by atoms with Crippen LogP contribution in [0.15, 0.2) is 12.5 Å². The maximum atomic E-state index is 11.9. The molecule has 26 heavy (non-hydrogen) atoms. The zero-order chi connectivity index (χ0) is 19.0. The fourth-order valence-electron chi connectivity index (χ4n) is 3.03. The SMILES string of the molecule is CCCCCCCCCCCCCC(=O)NC(Cc1c[nH]cn1)C(=O)O. The zero-order valence-corrected chi connectivity index (χ0v) is 16.1. The molecule has 0 aliphatic rings. The molecule has 1 heterocycles. The molecule has 0 radical (unpaired) electrons. The molecule has 1 amide bonds. The van der Waals surface area contributed by atoms with Crippen LogP contribution in [0.25, 0.3) is 0 Å². The number of carboxylic acid groups (broad SMARTS) is 1. The monoisotopic (exact) mass is 365 g/mol. The topological polar surface area (TPSA) is 95.1 Å². The van der Waals surface area contributed by atoms with Crippen molar-refractivity contribution in [2.75, 3.05) is 0 Å². The zero-order valence-electron chi connectivity index (χ0n) is 16.1. The lowest BCUT2D eigenvalue weighted by Gasteiger charge is -2.13. The molecule has 1 atom stereocenters. The summed E-state index contributed by atoms with van der Waals surface area (Å²) in [7, 11) is 0. The Balaban J connectivity index is 2.02. The number of aromatic nitrogens is 2. The van der Waals surface area contributed by atoms with E-state index in [1.807, 2.05) is 0 Å². The lowest BCUT2D eigenvalue weighted by Crippen LogP contribution is -2.42. The Kier molecular flexibility index (Phi) is 12.2. The average molecular weight is 366 g/mol. The van der Waals surface area contributed by atoms with Crippen molar-refractivity contribution in [1.82, 2.24) is 15.3 Å². The number of rotatable bonds is 16. The Bertz CT molecular complexity index is 489. The van der Waals surface area contributed by atoms with Gasteiger partial charge < -0.3 is 15.4 Å². The summed E-state index contributed by atoms with van der Waals surface area (Å²) in [6, 6.07) is -0.918. The predicted molar refractivity (Wildman–Crippen MR) is 103 cm³/mol. The molecule has 1 rings (SSSR count). The molecule has 1 unspecified atom stereocenters. The Hall–Kier alpha value is -1.85. The smallest absolute Gasteiger partial charge is 0.326 e. The maximum Gasteiger partial charge on any atom is 0.326 e. The fourth-order valence-corrected chi connectivity index (χ4v) is 3.03. The van der Waals surface area contributed by atoms with Gasteiger partial charge in [0, 0.05) is 19.0 Å². The molecule has 0 aromatic carbocycles. The molecule has 148 valence electrons. The number of nitrogens with one attached hydrogen (secondary N) is 2. The highest BCUT2D eigenvalue weighted by atomic mass is 16.4. The molecule has 0 saturated heterocycles. The third kappa shape index (κ3) is 10.9. The summed E-state index contributed by atoms with van der Waals surface area (Å²) in [6.07, 6.45) is 17.3. The van der Waals surface area contributed by atoms with Gasteiger partial charge in [0.1, 0.15) is 6.04 Å². The van der Waals surface area contributed by atoms with Crippen molar-refractivity contribution in [2.24, 2.45) is 0 Å². The minimum Gasteiger partial charge on any atom is -0.480 e. The standard InChI is InChI=1S/C20H35N3O3/c1-2-3-4-5-6-7-8-9-10-11-12-13-19(24)23-18(20(25)26)14-17-15-21-16-22-17/h15-16,18H,2-14H2,1H3,(H,21,22)(H,23,24)(H,25,26). The van der Waals surface area contributed by atoms with E-state index in [1.165, 1.54) is 57.7 Å². The molecule has 0 fully saturated rings. The number of imidazole rings is 1. The summed E-state index contributed by atoms with van der Waals surface area (Å²) in [5, 5.41) is 11.8. The third-order valence-electron chi connectivity index (χ3n) is 4.61. The van der Waals surface area contributed by atoms with Crippen LogP contribution in [0.3, 0.4) is 0 Å². The number of H-pyrrole nitrogens is 1. The number of nitrogens with zero attached hydrogens (tertiary/aromatic N) is 1. The molecule has 0 aliphatic heterocycles. The van der Waals surface area contributed by atoms with Gasteiger partial charge in [-0.3, -0.25) is 4.79 Å². The van der Waals surface area contributed by atoms with Gasteiger partial charge in [-0.05, 0) is 6.42 Å². The molecule has 6 nitrogen and oxygen atoms in total. The first-order valence-corrected chi connectivity index (χ1v) is 10.1. The van der Waals surface area contributed by atoms with Gasteiger partial charge in [-0.15, -0.1) is 0 Å². The van der Waals surface area contributed by atoms with Crippen molar-refractivity contribution in [3.05, 3.63) is 18.2 Å². The van der Waals surface area contributed by atoms with Gasteiger partial charge in [0.15, 0.2) is 0 Å².